The molecule has 106 valence electrons. The number of hydrogen-bond acceptors (Lipinski definition) is 3. The molecule has 0 saturated carbocycles. The molecule has 0 unspecified atom stereocenters. The molecule has 1 aromatic carbocycles. The standard InChI is InChI=1S/C17H18N4/c1-18-16(11-13-5-3-2-4-6-13)17-15(12-20-21-17)14-7-9-19-10-8-14/h2-10,12,16,18H,11H2,1H3,(H,20,21)/t16-/m0/s1. The van der Waals surface area contributed by atoms with Crippen molar-refractivity contribution in [2.24, 2.45) is 0 Å². The van der Waals surface area contributed by atoms with E-state index in [-0.39, 0.29) is 6.04 Å². The second kappa shape index (κ2) is 6.33. The predicted octanol–water partition coefficient (Wildman–Crippen LogP) is 2.97. The summed E-state index contributed by atoms with van der Waals surface area (Å²) in [7, 11) is 1.98. The molecule has 4 heteroatoms. The Labute approximate surface area is 124 Å². The summed E-state index contributed by atoms with van der Waals surface area (Å²) in [5.74, 6) is 0. The molecule has 0 bridgehead atoms. The van der Waals surface area contributed by atoms with Gasteiger partial charge in [-0.3, -0.25) is 10.1 Å². The number of aromatic nitrogens is 3. The number of hydrogen-bond donors (Lipinski definition) is 2. The highest BCUT2D eigenvalue weighted by Gasteiger charge is 2.17. The fourth-order valence-corrected chi connectivity index (χ4v) is 2.52. The van der Waals surface area contributed by atoms with Gasteiger partial charge in [0.1, 0.15) is 0 Å². The van der Waals surface area contributed by atoms with Gasteiger partial charge in [0.25, 0.3) is 0 Å². The lowest BCUT2D eigenvalue weighted by atomic mass is 9.98. The van der Waals surface area contributed by atoms with Crippen molar-refractivity contribution in [2.45, 2.75) is 12.5 Å². The average Bonchev–Trinajstić information content (AvgIpc) is 3.04. The molecular formula is C17H18N4. The Hall–Kier alpha value is -2.46. The zero-order valence-electron chi connectivity index (χ0n) is 12.0. The van der Waals surface area contributed by atoms with Crippen LogP contribution in [0.2, 0.25) is 0 Å². The zero-order valence-corrected chi connectivity index (χ0v) is 12.0. The van der Waals surface area contributed by atoms with E-state index in [1.807, 2.05) is 31.4 Å². The van der Waals surface area contributed by atoms with E-state index >= 15 is 0 Å². The van der Waals surface area contributed by atoms with E-state index < -0.39 is 0 Å². The van der Waals surface area contributed by atoms with Gasteiger partial charge in [0, 0.05) is 18.0 Å². The maximum absolute atomic E-state index is 4.22. The molecule has 0 aliphatic heterocycles. The van der Waals surface area contributed by atoms with Crippen molar-refractivity contribution in [3.63, 3.8) is 0 Å². The number of H-pyrrole nitrogens is 1. The minimum atomic E-state index is 0.193. The summed E-state index contributed by atoms with van der Waals surface area (Å²) in [5, 5.41) is 10.7. The van der Waals surface area contributed by atoms with E-state index in [4.69, 9.17) is 0 Å². The van der Waals surface area contributed by atoms with Gasteiger partial charge in [-0.2, -0.15) is 5.10 Å². The summed E-state index contributed by atoms with van der Waals surface area (Å²) in [5.41, 5.74) is 4.65. The fourth-order valence-electron chi connectivity index (χ4n) is 2.52. The van der Waals surface area contributed by atoms with E-state index in [1.54, 1.807) is 12.4 Å². The molecule has 4 nitrogen and oxygen atoms in total. The van der Waals surface area contributed by atoms with E-state index in [0.717, 1.165) is 23.2 Å². The zero-order chi connectivity index (χ0) is 14.5. The highest BCUT2D eigenvalue weighted by Crippen LogP contribution is 2.27. The largest absolute Gasteiger partial charge is 0.311 e. The first-order chi connectivity index (χ1) is 10.4. The summed E-state index contributed by atoms with van der Waals surface area (Å²) in [6.45, 7) is 0. The van der Waals surface area contributed by atoms with Crippen molar-refractivity contribution < 1.29 is 0 Å². The third kappa shape index (κ3) is 3.01. The second-order valence-corrected chi connectivity index (χ2v) is 4.96. The predicted molar refractivity (Wildman–Crippen MR) is 83.8 cm³/mol. The number of aromatic amines is 1. The second-order valence-electron chi connectivity index (χ2n) is 4.96. The normalized spacial score (nSPS) is 12.2. The van der Waals surface area contributed by atoms with Gasteiger partial charge in [-0.05, 0) is 36.7 Å². The molecule has 3 rings (SSSR count). The van der Waals surface area contributed by atoms with Crippen LogP contribution < -0.4 is 5.32 Å². The first-order valence-electron chi connectivity index (χ1n) is 7.03. The maximum atomic E-state index is 4.22. The molecule has 3 aromatic rings. The van der Waals surface area contributed by atoms with Gasteiger partial charge in [0.15, 0.2) is 0 Å². The van der Waals surface area contributed by atoms with E-state index in [0.29, 0.717) is 0 Å². The van der Waals surface area contributed by atoms with Crippen molar-refractivity contribution >= 4 is 0 Å². The lowest BCUT2D eigenvalue weighted by Crippen LogP contribution is -2.20. The summed E-state index contributed by atoms with van der Waals surface area (Å²) in [6, 6.07) is 14.7. The molecule has 2 heterocycles. The fraction of sp³-hybridized carbons (Fsp3) is 0.176. The Morgan fingerprint density at radius 1 is 1.10 bits per heavy atom. The van der Waals surface area contributed by atoms with Crippen LogP contribution >= 0.6 is 0 Å². The quantitative estimate of drug-likeness (QED) is 0.754. The highest BCUT2D eigenvalue weighted by atomic mass is 15.1. The molecule has 0 radical (unpaired) electrons. The molecule has 0 aliphatic rings. The third-order valence-corrected chi connectivity index (χ3v) is 3.64. The Kier molecular flexibility index (Phi) is 4.07. The third-order valence-electron chi connectivity index (χ3n) is 3.64. The minimum Gasteiger partial charge on any atom is -0.311 e. The molecule has 0 amide bonds. The maximum Gasteiger partial charge on any atom is 0.0603 e. The van der Waals surface area contributed by atoms with Gasteiger partial charge in [0.05, 0.1) is 17.9 Å². The van der Waals surface area contributed by atoms with E-state index in [9.17, 15) is 0 Å². The highest BCUT2D eigenvalue weighted by molar-refractivity contribution is 5.65. The Bertz CT molecular complexity index is 676. The number of nitrogens with zero attached hydrogens (tertiary/aromatic N) is 2. The van der Waals surface area contributed by atoms with Crippen LogP contribution in [-0.2, 0) is 6.42 Å². The number of nitrogens with one attached hydrogen (secondary N) is 2. The minimum absolute atomic E-state index is 0.193. The van der Waals surface area contributed by atoms with Crippen LogP contribution in [0.3, 0.4) is 0 Å². The summed E-state index contributed by atoms with van der Waals surface area (Å²) >= 11 is 0. The van der Waals surface area contributed by atoms with Crippen LogP contribution in [0.15, 0.2) is 61.1 Å². The number of pyridine rings is 1. The Morgan fingerprint density at radius 3 is 2.57 bits per heavy atom. The van der Waals surface area contributed by atoms with Gasteiger partial charge >= 0.3 is 0 Å². The van der Waals surface area contributed by atoms with E-state index in [1.165, 1.54) is 5.56 Å². The van der Waals surface area contributed by atoms with Crippen LogP contribution in [0.4, 0.5) is 0 Å². The smallest absolute Gasteiger partial charge is 0.0603 e. The first kappa shape index (κ1) is 13.5. The molecule has 0 spiro atoms. The first-order valence-corrected chi connectivity index (χ1v) is 7.03. The number of rotatable bonds is 5. The van der Waals surface area contributed by atoms with Crippen molar-refractivity contribution in [1.29, 1.82) is 0 Å². The van der Waals surface area contributed by atoms with Crippen LogP contribution in [0.5, 0.6) is 0 Å². The summed E-state index contributed by atoms with van der Waals surface area (Å²) in [4.78, 5) is 4.07. The molecular weight excluding hydrogens is 260 g/mol. The molecule has 2 aromatic heterocycles. The Balaban J connectivity index is 1.90. The molecule has 0 aliphatic carbocycles. The van der Waals surface area contributed by atoms with Crippen molar-refractivity contribution in [1.82, 2.24) is 20.5 Å². The van der Waals surface area contributed by atoms with Crippen molar-refractivity contribution in [3.05, 3.63) is 72.3 Å². The number of benzene rings is 1. The summed E-state index contributed by atoms with van der Waals surface area (Å²) < 4.78 is 0. The lowest BCUT2D eigenvalue weighted by molar-refractivity contribution is 0.575. The average molecular weight is 278 g/mol. The summed E-state index contributed by atoms with van der Waals surface area (Å²) in [6.07, 6.45) is 6.40. The topological polar surface area (TPSA) is 53.6 Å². The molecule has 0 fully saturated rings. The van der Waals surface area contributed by atoms with Gasteiger partial charge in [-0.15, -0.1) is 0 Å². The van der Waals surface area contributed by atoms with Gasteiger partial charge in [-0.1, -0.05) is 30.3 Å². The van der Waals surface area contributed by atoms with Crippen LogP contribution in [0, 0.1) is 0 Å². The monoisotopic (exact) mass is 278 g/mol. The molecule has 2 N–H and O–H groups in total. The van der Waals surface area contributed by atoms with Crippen LogP contribution in [0.25, 0.3) is 11.1 Å². The number of likely N-dealkylation sites (N-methyl/N-ethyl adjacent to an activating group) is 1. The van der Waals surface area contributed by atoms with Gasteiger partial charge < -0.3 is 5.32 Å². The van der Waals surface area contributed by atoms with Gasteiger partial charge in [0.2, 0.25) is 0 Å². The lowest BCUT2D eigenvalue weighted by Gasteiger charge is -2.16. The van der Waals surface area contributed by atoms with E-state index in [2.05, 4.69) is 44.8 Å². The van der Waals surface area contributed by atoms with Crippen molar-refractivity contribution in [2.75, 3.05) is 7.05 Å². The SMILES string of the molecule is CN[C@@H](Cc1ccccc1)c1[nH]ncc1-c1ccncc1. The molecule has 21 heavy (non-hydrogen) atoms. The van der Waals surface area contributed by atoms with Crippen LogP contribution in [0.1, 0.15) is 17.3 Å². The molecule has 0 saturated heterocycles. The molecule has 1 atom stereocenters. The van der Waals surface area contributed by atoms with Crippen molar-refractivity contribution in [3.8, 4) is 11.1 Å². The Morgan fingerprint density at radius 2 is 1.86 bits per heavy atom. The van der Waals surface area contributed by atoms with Gasteiger partial charge in [-0.25, -0.2) is 0 Å². The van der Waals surface area contributed by atoms with Crippen LogP contribution in [-0.4, -0.2) is 22.2 Å².